The summed E-state index contributed by atoms with van der Waals surface area (Å²) >= 11 is 4.42. The van der Waals surface area contributed by atoms with Gasteiger partial charge in [0.05, 0.1) is 23.9 Å². The van der Waals surface area contributed by atoms with Crippen molar-refractivity contribution in [2.24, 2.45) is 0 Å². The Bertz CT molecular complexity index is 833. The van der Waals surface area contributed by atoms with Crippen LogP contribution in [-0.2, 0) is 25.5 Å². The van der Waals surface area contributed by atoms with E-state index in [1.165, 1.54) is 34.1 Å². The number of amides is 1. The van der Waals surface area contributed by atoms with E-state index in [1.807, 2.05) is 6.92 Å². The van der Waals surface area contributed by atoms with Crippen LogP contribution in [0.3, 0.4) is 0 Å². The summed E-state index contributed by atoms with van der Waals surface area (Å²) < 4.78 is 5.76. The number of aliphatic carboxylic acids is 1. The van der Waals surface area contributed by atoms with Crippen molar-refractivity contribution in [3.63, 3.8) is 0 Å². The fourth-order valence-corrected chi connectivity index (χ4v) is 6.32. The number of aryl methyl sites for hydroxylation is 1. The van der Waals surface area contributed by atoms with E-state index in [-0.39, 0.29) is 36.0 Å². The molecule has 1 saturated heterocycles. The Labute approximate surface area is 168 Å². The predicted octanol–water partition coefficient (Wildman–Crippen LogP) is 2.46. The lowest BCUT2D eigenvalue weighted by molar-refractivity contribution is -0.146. The van der Waals surface area contributed by atoms with Gasteiger partial charge in [0.25, 0.3) is 0 Å². The molecule has 3 rings (SSSR count). The average Bonchev–Trinajstić information content (AvgIpc) is 2.96. The Morgan fingerprint density at radius 3 is 2.96 bits per heavy atom. The number of β-lactam (4-membered cyclic amide) rings is 1. The summed E-state index contributed by atoms with van der Waals surface area (Å²) in [6, 6.07) is 0. The Hall–Kier alpha value is -1.78. The molecule has 0 aliphatic carbocycles. The molecule has 0 bridgehead atoms. The van der Waals surface area contributed by atoms with Gasteiger partial charge in [-0.15, -0.1) is 23.1 Å². The minimum atomic E-state index is -1.06. The van der Waals surface area contributed by atoms with Crippen molar-refractivity contribution in [1.82, 2.24) is 9.88 Å². The van der Waals surface area contributed by atoms with Crippen LogP contribution in [0, 0.1) is 6.92 Å². The summed E-state index contributed by atoms with van der Waals surface area (Å²) in [7, 11) is 0. The molecule has 0 saturated carbocycles. The van der Waals surface area contributed by atoms with E-state index in [0.29, 0.717) is 17.9 Å². The maximum atomic E-state index is 11.8. The van der Waals surface area contributed by atoms with Gasteiger partial charge in [0.2, 0.25) is 5.91 Å². The SMILES string of the molecule is C=CCOC(=O)Cc1sc(SCC2=C(C(=O)O)N3C(=O)C[C@@H]3SC2)nc1C. The zero-order chi connectivity index (χ0) is 19.6. The molecule has 1 aromatic rings. The van der Waals surface area contributed by atoms with E-state index in [0.717, 1.165) is 20.5 Å². The lowest BCUT2D eigenvalue weighted by atomic mass is 10.1. The highest BCUT2D eigenvalue weighted by Gasteiger charge is 2.45. The second kappa shape index (κ2) is 8.49. The van der Waals surface area contributed by atoms with E-state index in [4.69, 9.17) is 4.74 Å². The van der Waals surface area contributed by atoms with E-state index in [1.54, 1.807) is 11.8 Å². The number of thioether (sulfide) groups is 2. The van der Waals surface area contributed by atoms with E-state index < -0.39 is 5.97 Å². The molecule has 10 heteroatoms. The molecule has 3 heterocycles. The van der Waals surface area contributed by atoms with Crippen molar-refractivity contribution in [2.75, 3.05) is 18.1 Å². The predicted molar refractivity (Wildman–Crippen MR) is 105 cm³/mol. The number of nitrogens with zero attached hydrogens (tertiary/aromatic N) is 2. The summed E-state index contributed by atoms with van der Waals surface area (Å²) in [5.41, 5.74) is 1.60. The first-order chi connectivity index (χ1) is 12.9. The Kier molecular flexibility index (Phi) is 6.28. The molecule has 1 amide bonds. The minimum absolute atomic E-state index is 0.0485. The number of esters is 1. The first kappa shape index (κ1) is 20.0. The van der Waals surface area contributed by atoms with Gasteiger partial charge in [-0.1, -0.05) is 24.4 Å². The van der Waals surface area contributed by atoms with Gasteiger partial charge in [0, 0.05) is 16.4 Å². The summed E-state index contributed by atoms with van der Waals surface area (Å²) in [5.74, 6) is -0.505. The van der Waals surface area contributed by atoms with Gasteiger partial charge in [0.15, 0.2) is 4.34 Å². The molecule has 1 N–H and O–H groups in total. The number of rotatable bonds is 8. The molecule has 1 fully saturated rings. The maximum Gasteiger partial charge on any atom is 0.352 e. The van der Waals surface area contributed by atoms with Crippen LogP contribution in [0.4, 0.5) is 0 Å². The van der Waals surface area contributed by atoms with Gasteiger partial charge >= 0.3 is 11.9 Å². The topological polar surface area (TPSA) is 96.8 Å². The number of thiazole rings is 1. The molecule has 27 heavy (non-hydrogen) atoms. The molecule has 2 aliphatic heterocycles. The van der Waals surface area contributed by atoms with E-state index in [2.05, 4.69) is 11.6 Å². The lowest BCUT2D eigenvalue weighted by Crippen LogP contribution is -2.54. The highest BCUT2D eigenvalue weighted by molar-refractivity contribution is 8.01. The fourth-order valence-electron chi connectivity index (χ4n) is 2.70. The van der Waals surface area contributed by atoms with Gasteiger partial charge in [0.1, 0.15) is 12.3 Å². The maximum absolute atomic E-state index is 11.8. The van der Waals surface area contributed by atoms with Crippen LogP contribution in [0.15, 0.2) is 28.3 Å². The van der Waals surface area contributed by atoms with Gasteiger partial charge in [-0.25, -0.2) is 9.78 Å². The number of carboxylic acids is 1. The molecule has 0 unspecified atom stereocenters. The summed E-state index contributed by atoms with van der Waals surface area (Å²) in [4.78, 5) is 41.8. The van der Waals surface area contributed by atoms with Gasteiger partial charge < -0.3 is 9.84 Å². The normalized spacial score (nSPS) is 18.8. The number of carbonyl (C=O) groups is 3. The second-order valence-electron chi connectivity index (χ2n) is 5.92. The monoisotopic (exact) mass is 426 g/mol. The van der Waals surface area contributed by atoms with Crippen LogP contribution in [0.5, 0.6) is 0 Å². The van der Waals surface area contributed by atoms with E-state index >= 15 is 0 Å². The molecule has 2 aliphatic rings. The van der Waals surface area contributed by atoms with E-state index in [9.17, 15) is 19.5 Å². The largest absolute Gasteiger partial charge is 0.477 e. The first-order valence-corrected chi connectivity index (χ1v) is 11.0. The van der Waals surface area contributed by atoms with Crippen molar-refractivity contribution >= 4 is 52.7 Å². The highest BCUT2D eigenvalue weighted by atomic mass is 32.2. The molecular formula is C17H18N2O5S3. The summed E-state index contributed by atoms with van der Waals surface area (Å²) in [5, 5.41) is 9.47. The molecule has 1 atom stereocenters. The quantitative estimate of drug-likeness (QED) is 0.293. The standard InChI is InChI=1S/C17H18N2O5S3/c1-3-4-24-14(21)5-11-9(2)18-17(27-11)26-8-10-7-25-13-6-12(20)19(13)15(10)16(22)23/h3,13H,1,4-8H2,2H3,(H,22,23)/t13-/m0/s1. The number of carboxylic acid groups (broad SMARTS) is 1. The average molecular weight is 427 g/mol. The summed E-state index contributed by atoms with van der Waals surface area (Å²) in [6.45, 7) is 5.52. The van der Waals surface area contributed by atoms with Crippen LogP contribution in [0.1, 0.15) is 17.0 Å². The zero-order valence-corrected chi connectivity index (χ0v) is 17.0. The zero-order valence-electron chi connectivity index (χ0n) is 14.6. The van der Waals surface area contributed by atoms with Crippen LogP contribution in [-0.4, -0.2) is 56.3 Å². The van der Waals surface area contributed by atoms with Gasteiger partial charge in [-0.05, 0) is 12.5 Å². The second-order valence-corrected chi connectivity index (χ2v) is 9.39. The number of hydrogen-bond acceptors (Lipinski definition) is 8. The third-order valence-electron chi connectivity index (χ3n) is 4.04. The number of aromatic nitrogens is 1. The number of ether oxygens (including phenoxy) is 1. The highest BCUT2D eigenvalue weighted by Crippen LogP contribution is 2.41. The van der Waals surface area contributed by atoms with Crippen molar-refractivity contribution in [3.05, 3.63) is 34.5 Å². The molecule has 0 aromatic carbocycles. The van der Waals surface area contributed by atoms with Gasteiger partial charge in [-0.3, -0.25) is 14.5 Å². The van der Waals surface area contributed by atoms with Crippen LogP contribution >= 0.6 is 34.9 Å². The van der Waals surface area contributed by atoms with Crippen molar-refractivity contribution < 1.29 is 24.2 Å². The van der Waals surface area contributed by atoms with Crippen LogP contribution in [0.25, 0.3) is 0 Å². The molecule has 0 radical (unpaired) electrons. The van der Waals surface area contributed by atoms with Crippen molar-refractivity contribution in [1.29, 1.82) is 0 Å². The third-order valence-corrected chi connectivity index (χ3v) is 7.71. The van der Waals surface area contributed by atoms with Crippen molar-refractivity contribution in [2.45, 2.75) is 29.5 Å². The molecule has 1 aromatic heterocycles. The number of fused-ring (bicyclic) bond motifs is 1. The molecule has 0 spiro atoms. The number of hydrogen-bond donors (Lipinski definition) is 1. The summed E-state index contributed by atoms with van der Waals surface area (Å²) in [6.07, 6.45) is 2.07. The number of carbonyl (C=O) groups excluding carboxylic acids is 2. The van der Waals surface area contributed by atoms with Gasteiger partial charge in [-0.2, -0.15) is 0 Å². The van der Waals surface area contributed by atoms with Crippen LogP contribution in [0.2, 0.25) is 0 Å². The minimum Gasteiger partial charge on any atom is -0.477 e. The Morgan fingerprint density at radius 1 is 1.52 bits per heavy atom. The first-order valence-electron chi connectivity index (χ1n) is 8.15. The lowest BCUT2D eigenvalue weighted by Gasteiger charge is -2.43. The van der Waals surface area contributed by atoms with Crippen molar-refractivity contribution in [3.8, 4) is 0 Å². The third kappa shape index (κ3) is 4.39. The molecule has 7 nitrogen and oxygen atoms in total. The molecular weight excluding hydrogens is 408 g/mol. The fraction of sp³-hybridized carbons (Fsp3) is 0.412. The Morgan fingerprint density at radius 2 is 2.30 bits per heavy atom. The smallest absolute Gasteiger partial charge is 0.352 e. The molecule has 144 valence electrons. The Balaban J connectivity index is 1.67. The van der Waals surface area contributed by atoms with Crippen LogP contribution < -0.4 is 0 Å².